The zero-order valence-electron chi connectivity index (χ0n) is 48.2. The smallest absolute Gasteiger partial charge is 0.190 e. The maximum Gasteiger partial charge on any atom is 0.190 e. The van der Waals surface area contributed by atoms with Gasteiger partial charge >= 0.3 is 0 Å². The van der Waals surface area contributed by atoms with Gasteiger partial charge in [0.25, 0.3) is 0 Å². The fourth-order valence-electron chi connectivity index (χ4n) is 21.4. The SMILES string of the molecule is C[C@@H]1C[C@H]2[C@@H]3C[C@H](F)C4=CC(=O)C=C[C@]4(C)[C@H]3[C@@H](O)C[C@]2(C)[C@@]1(O)C(=O)CO.C[C@H]1C[C@H]2[C@@H]3CCC4=CC(=O)C=C[C@]4(C)[C@H]3C(=O)C[C@]2(C)[C@@]1(O)C(=O)CO.C[C@]12C=CC(=O)C=C1CC[C@@H]1[C@@H]2[C@@H](O)C[C@@]2(C)[C@H]1CC[C@]2(O)C(=O)CO. The normalized spacial score (nSPS) is 50.4. The summed E-state index contributed by atoms with van der Waals surface area (Å²) in [6, 6.07) is 0. The van der Waals surface area contributed by atoms with Gasteiger partial charge in [0.1, 0.15) is 48.6 Å². The van der Waals surface area contributed by atoms with Crippen molar-refractivity contribution in [1.29, 1.82) is 0 Å². The van der Waals surface area contributed by atoms with Gasteiger partial charge in [-0.05, 0) is 160 Å². The van der Waals surface area contributed by atoms with Crippen LogP contribution in [0.3, 0.4) is 0 Å². The molecule has 442 valence electrons. The molecule has 0 radical (unpaired) electrons. The number of carbonyl (C=O) groups excluding carboxylic acids is 7. The monoisotopic (exact) mass is 1120 g/mol. The maximum atomic E-state index is 15.2. The number of hydrogen-bond acceptors (Lipinski definition) is 15. The molecule has 9 saturated carbocycles. The Morgan fingerprint density at radius 2 is 1.01 bits per heavy atom. The van der Waals surface area contributed by atoms with Gasteiger partial charge in [0, 0.05) is 56.7 Å². The first kappa shape index (κ1) is 59.9. The predicted octanol–water partition coefficient (Wildman–Crippen LogP) is 5.32. The van der Waals surface area contributed by atoms with Crippen molar-refractivity contribution >= 4 is 40.5 Å². The molecule has 23 atom stereocenters. The van der Waals surface area contributed by atoms with Gasteiger partial charge in [-0.2, -0.15) is 0 Å². The van der Waals surface area contributed by atoms with Gasteiger partial charge in [-0.25, -0.2) is 4.39 Å². The van der Waals surface area contributed by atoms with Crippen LogP contribution in [0, 0.1) is 97.6 Å². The van der Waals surface area contributed by atoms with E-state index >= 15 is 4.39 Å². The average molecular weight is 1130 g/mol. The van der Waals surface area contributed by atoms with Crippen LogP contribution in [0.25, 0.3) is 0 Å². The largest absolute Gasteiger partial charge is 0.393 e. The van der Waals surface area contributed by atoms with Crippen molar-refractivity contribution in [3.8, 4) is 0 Å². The summed E-state index contributed by atoms with van der Waals surface area (Å²) >= 11 is 0. The second-order valence-corrected chi connectivity index (χ2v) is 28.5. The van der Waals surface area contributed by atoms with Crippen molar-refractivity contribution in [2.45, 2.75) is 168 Å². The van der Waals surface area contributed by atoms with Crippen LogP contribution in [0.15, 0.2) is 71.4 Å². The van der Waals surface area contributed by atoms with E-state index in [-0.39, 0.29) is 113 Å². The van der Waals surface area contributed by atoms with Gasteiger partial charge in [0.15, 0.2) is 34.7 Å². The highest BCUT2D eigenvalue weighted by molar-refractivity contribution is 6.03. The highest BCUT2D eigenvalue weighted by Gasteiger charge is 2.73. The molecule has 15 nitrogen and oxygen atoms in total. The van der Waals surface area contributed by atoms with E-state index in [4.69, 9.17) is 0 Å². The Labute approximate surface area is 474 Å². The zero-order valence-corrected chi connectivity index (χ0v) is 48.2. The Morgan fingerprint density at radius 1 is 0.556 bits per heavy atom. The summed E-state index contributed by atoms with van der Waals surface area (Å²) in [7, 11) is 0. The van der Waals surface area contributed by atoms with Gasteiger partial charge in [0.05, 0.1) is 12.2 Å². The number of hydrogen-bond donors (Lipinski definition) is 8. The van der Waals surface area contributed by atoms with E-state index in [2.05, 4.69) is 6.92 Å². The Hall–Kier alpha value is -4.26. The number of halogens is 1. The molecule has 0 heterocycles. The molecule has 8 N–H and O–H groups in total. The molecular weight excluding hydrogens is 1040 g/mol. The first-order chi connectivity index (χ1) is 37.8. The van der Waals surface area contributed by atoms with Crippen LogP contribution in [0.4, 0.5) is 4.39 Å². The lowest BCUT2D eigenvalue weighted by Gasteiger charge is -2.60. The number of fused-ring (bicyclic) bond motifs is 15. The quantitative estimate of drug-likeness (QED) is 0.167. The summed E-state index contributed by atoms with van der Waals surface area (Å²) in [6.07, 6.45) is 18.5. The molecule has 0 amide bonds. The summed E-state index contributed by atoms with van der Waals surface area (Å²) < 4.78 is 15.2. The topological polar surface area (TPSA) is 281 Å². The lowest BCUT2D eigenvalue weighted by Crippen LogP contribution is -2.63. The molecule has 16 heteroatoms. The molecule has 81 heavy (non-hydrogen) atoms. The van der Waals surface area contributed by atoms with Crippen molar-refractivity contribution in [2.75, 3.05) is 19.8 Å². The Kier molecular flexibility index (Phi) is 14.7. The van der Waals surface area contributed by atoms with Crippen LogP contribution in [0.1, 0.15) is 132 Å². The van der Waals surface area contributed by atoms with E-state index in [1.165, 1.54) is 12.2 Å². The fraction of sp³-hybridized carbons (Fsp3) is 0.708. The van der Waals surface area contributed by atoms with Gasteiger partial charge in [0.2, 0.25) is 0 Å². The summed E-state index contributed by atoms with van der Waals surface area (Å²) in [6.45, 7) is 13.1. The Balaban J connectivity index is 0.000000136. The Bertz CT molecular complexity index is 2920. The number of aliphatic hydroxyl groups is 8. The molecule has 12 rings (SSSR count). The third-order valence-electron chi connectivity index (χ3n) is 25.3. The molecule has 0 aromatic heterocycles. The van der Waals surface area contributed by atoms with Gasteiger partial charge < -0.3 is 40.9 Å². The first-order valence-corrected chi connectivity index (χ1v) is 29.7. The van der Waals surface area contributed by atoms with E-state index in [1.54, 1.807) is 44.2 Å². The van der Waals surface area contributed by atoms with E-state index in [0.717, 1.165) is 43.3 Å². The van der Waals surface area contributed by atoms with Crippen molar-refractivity contribution in [2.24, 2.45) is 97.6 Å². The second kappa shape index (κ2) is 19.9. The fourth-order valence-corrected chi connectivity index (χ4v) is 21.4. The van der Waals surface area contributed by atoms with Gasteiger partial charge in [-0.15, -0.1) is 0 Å². The summed E-state index contributed by atoms with van der Waals surface area (Å²) in [5, 5.41) is 84.6. The molecule has 9 fully saturated rings. The summed E-state index contributed by atoms with van der Waals surface area (Å²) in [4.78, 5) is 86.3. The minimum atomic E-state index is -1.74. The first-order valence-electron chi connectivity index (χ1n) is 29.7. The van der Waals surface area contributed by atoms with Crippen LogP contribution < -0.4 is 0 Å². The van der Waals surface area contributed by atoms with Gasteiger partial charge in [-0.3, -0.25) is 33.6 Å². The minimum Gasteiger partial charge on any atom is -0.393 e. The highest BCUT2D eigenvalue weighted by Crippen LogP contribution is 2.71. The number of alkyl halides is 1. The average Bonchev–Trinajstić information content (AvgIpc) is 1.95. The van der Waals surface area contributed by atoms with E-state index in [1.807, 2.05) is 46.8 Å². The van der Waals surface area contributed by atoms with Crippen molar-refractivity contribution < 1.29 is 78.8 Å². The van der Waals surface area contributed by atoms with Crippen LogP contribution in [0.5, 0.6) is 0 Å². The lowest BCUT2D eigenvalue weighted by atomic mass is 9.46. The third kappa shape index (κ3) is 8.08. The van der Waals surface area contributed by atoms with Crippen LogP contribution in [0.2, 0.25) is 0 Å². The molecule has 0 bridgehead atoms. The van der Waals surface area contributed by atoms with Crippen molar-refractivity contribution in [3.63, 3.8) is 0 Å². The molecular formula is C65H85FO15. The van der Waals surface area contributed by atoms with Crippen molar-refractivity contribution in [3.05, 3.63) is 71.4 Å². The number of Topliss-reactive ketones (excluding diaryl/α,β-unsaturated/α-hetero) is 4. The summed E-state index contributed by atoms with van der Waals surface area (Å²) in [5.41, 5.74) is -6.49. The molecule has 0 unspecified atom stereocenters. The van der Waals surface area contributed by atoms with Gasteiger partial charge in [-0.1, -0.05) is 84.8 Å². The third-order valence-corrected chi connectivity index (χ3v) is 25.3. The van der Waals surface area contributed by atoms with Crippen LogP contribution in [-0.4, -0.2) is 136 Å². The number of rotatable bonds is 6. The number of allylic oxidation sites excluding steroid dienone is 12. The molecule has 0 saturated heterocycles. The van der Waals surface area contributed by atoms with Crippen LogP contribution in [-0.2, 0) is 33.6 Å². The van der Waals surface area contributed by atoms with Crippen molar-refractivity contribution in [1.82, 2.24) is 0 Å². The maximum absolute atomic E-state index is 15.2. The molecule has 0 aliphatic heterocycles. The minimum absolute atomic E-state index is 0.00912. The molecule has 12 aliphatic rings. The highest BCUT2D eigenvalue weighted by atomic mass is 19.1. The Morgan fingerprint density at radius 3 is 1.57 bits per heavy atom. The second-order valence-electron chi connectivity index (χ2n) is 28.5. The van der Waals surface area contributed by atoms with E-state index in [9.17, 15) is 74.4 Å². The van der Waals surface area contributed by atoms with E-state index in [0.29, 0.717) is 31.3 Å². The number of aliphatic hydroxyl groups excluding tert-OH is 5. The van der Waals surface area contributed by atoms with E-state index < -0.39 is 99.4 Å². The lowest BCUT2D eigenvalue weighted by molar-refractivity contribution is -0.185. The molecule has 12 aliphatic carbocycles. The zero-order chi connectivity index (χ0) is 59.3. The number of ketones is 7. The summed E-state index contributed by atoms with van der Waals surface area (Å²) in [5.74, 6) is -3.09. The molecule has 0 aromatic rings. The predicted molar refractivity (Wildman–Crippen MR) is 294 cm³/mol. The molecule has 0 aromatic carbocycles. The van der Waals surface area contributed by atoms with Crippen LogP contribution >= 0.6 is 0 Å². The molecule has 0 spiro atoms. The standard InChI is InChI=1S/C22H29FO5.C22H28O5.C21H28O5/c1-11-6-14-13-8-16(23)15-7-12(25)4-5-20(15,2)19(13)17(26)9-21(14,3)22(11,28)18(27)10-24;1-12-8-16-15-5-4-13-9-14(24)6-7-20(13,2)19(15)17(25)10-21(16,3)22(12,27)18(26)11-23;1-19-7-5-13(23)9-12(19)3-4-14-15-6-8-21(26,17(25)11-22)20(15,2)10-16(24)18(14)19/h4-5,7,11,13-14,16-17,19,24,26,28H,6,8-10H2,1-3H3;6-7,9,12,15-16,19,23,27H,4-5,8,10-11H2,1-3H3;5,7,9,14-16,18,22,24,26H,3-4,6,8,10-11H2,1-2H3/t11-,13+,14+,16+,17+,19-,20+,21+,22+;12-,15-,16-,19+,20-,21-,22-;14-,15-,16-,18+,19-,20-,21-/m100/s1. The number of carbonyl (C=O) groups is 7.